The molecule has 3 nitrogen and oxygen atoms in total. The van der Waals surface area contributed by atoms with E-state index in [2.05, 4.69) is 6.92 Å². The van der Waals surface area contributed by atoms with E-state index in [1.165, 1.54) is 11.1 Å². The maximum absolute atomic E-state index is 11.3. The molecule has 74 valence electrons. The fourth-order valence-electron chi connectivity index (χ4n) is 1.52. The van der Waals surface area contributed by atoms with Gasteiger partial charge in [-0.05, 0) is 37.1 Å². The van der Waals surface area contributed by atoms with Crippen LogP contribution in [0.3, 0.4) is 0 Å². The molecule has 0 aliphatic carbocycles. The third kappa shape index (κ3) is 1.45. The Morgan fingerprint density at radius 3 is 2.64 bits per heavy atom. The van der Waals surface area contributed by atoms with E-state index in [4.69, 9.17) is 4.74 Å². The van der Waals surface area contributed by atoms with Gasteiger partial charge in [0.15, 0.2) is 0 Å². The standard InChI is InChI=1S/C11H13NO2/c1-8-3-4-10(7-9(8)2)12-5-6-14-11(12)13/h3-4,7H,5-6H2,1-2H3. The van der Waals surface area contributed by atoms with Crippen molar-refractivity contribution in [3.8, 4) is 0 Å². The first-order chi connectivity index (χ1) is 6.68. The lowest BCUT2D eigenvalue weighted by Gasteiger charge is -2.13. The number of benzene rings is 1. The number of carbonyl (C=O) groups excluding carboxylic acids is 1. The Labute approximate surface area is 83.3 Å². The number of hydrogen-bond acceptors (Lipinski definition) is 2. The van der Waals surface area contributed by atoms with E-state index in [0.29, 0.717) is 13.2 Å². The summed E-state index contributed by atoms with van der Waals surface area (Å²) in [5, 5.41) is 0. The van der Waals surface area contributed by atoms with Gasteiger partial charge in [-0.25, -0.2) is 4.79 Å². The van der Waals surface area contributed by atoms with Gasteiger partial charge in [0.1, 0.15) is 6.61 Å². The molecule has 3 heteroatoms. The average Bonchev–Trinajstić information content (AvgIpc) is 2.57. The molecule has 0 aromatic heterocycles. The van der Waals surface area contributed by atoms with Crippen LogP contribution in [0.2, 0.25) is 0 Å². The molecule has 0 atom stereocenters. The topological polar surface area (TPSA) is 29.5 Å². The summed E-state index contributed by atoms with van der Waals surface area (Å²) >= 11 is 0. The summed E-state index contributed by atoms with van der Waals surface area (Å²) in [5.41, 5.74) is 3.36. The third-order valence-electron chi connectivity index (χ3n) is 2.56. The lowest BCUT2D eigenvalue weighted by Crippen LogP contribution is -2.23. The van der Waals surface area contributed by atoms with E-state index in [0.717, 1.165) is 5.69 Å². The second kappa shape index (κ2) is 3.33. The predicted molar refractivity (Wildman–Crippen MR) is 54.6 cm³/mol. The van der Waals surface area contributed by atoms with Gasteiger partial charge in [-0.1, -0.05) is 6.07 Å². The molecule has 0 bridgehead atoms. The number of hydrogen-bond donors (Lipinski definition) is 0. The van der Waals surface area contributed by atoms with Gasteiger partial charge in [0.05, 0.1) is 6.54 Å². The smallest absolute Gasteiger partial charge is 0.414 e. The molecular weight excluding hydrogens is 178 g/mol. The van der Waals surface area contributed by atoms with Gasteiger partial charge >= 0.3 is 6.09 Å². The Bertz CT molecular complexity index is 374. The molecule has 1 aliphatic heterocycles. The molecule has 1 saturated heterocycles. The van der Waals surface area contributed by atoms with E-state index in [1.54, 1.807) is 4.90 Å². The van der Waals surface area contributed by atoms with E-state index in [-0.39, 0.29) is 6.09 Å². The molecule has 0 radical (unpaired) electrons. The lowest BCUT2D eigenvalue weighted by molar-refractivity contribution is 0.181. The molecule has 0 N–H and O–H groups in total. The van der Waals surface area contributed by atoms with Gasteiger partial charge < -0.3 is 4.74 Å². The van der Waals surface area contributed by atoms with Crippen LogP contribution in [0.25, 0.3) is 0 Å². The molecule has 2 rings (SSSR count). The maximum atomic E-state index is 11.3. The van der Waals surface area contributed by atoms with E-state index < -0.39 is 0 Å². The number of amides is 1. The SMILES string of the molecule is Cc1ccc(N2CCOC2=O)cc1C. The number of ether oxygens (including phenoxy) is 1. The molecule has 1 aromatic carbocycles. The largest absolute Gasteiger partial charge is 0.447 e. The van der Waals surface area contributed by atoms with Gasteiger partial charge in [0.25, 0.3) is 0 Å². The van der Waals surface area contributed by atoms with Crippen molar-refractivity contribution in [2.24, 2.45) is 0 Å². The zero-order valence-corrected chi connectivity index (χ0v) is 8.41. The van der Waals surface area contributed by atoms with E-state index >= 15 is 0 Å². The fraction of sp³-hybridized carbons (Fsp3) is 0.364. The highest BCUT2D eigenvalue weighted by atomic mass is 16.6. The van der Waals surface area contributed by atoms with Crippen LogP contribution in [0, 0.1) is 13.8 Å². The summed E-state index contributed by atoms with van der Waals surface area (Å²) < 4.78 is 4.88. The monoisotopic (exact) mass is 191 g/mol. The van der Waals surface area contributed by atoms with Crippen LogP contribution in [0.1, 0.15) is 11.1 Å². The summed E-state index contributed by atoms with van der Waals surface area (Å²) in [6.45, 7) is 5.24. The molecule has 1 heterocycles. The highest BCUT2D eigenvalue weighted by Crippen LogP contribution is 2.21. The zero-order valence-electron chi connectivity index (χ0n) is 8.41. The van der Waals surface area contributed by atoms with Crippen LogP contribution in [-0.4, -0.2) is 19.2 Å². The number of aryl methyl sites for hydroxylation is 2. The first kappa shape index (κ1) is 9.06. The van der Waals surface area contributed by atoms with Crippen molar-refractivity contribution >= 4 is 11.8 Å². The molecule has 1 aromatic rings. The molecule has 0 spiro atoms. The van der Waals surface area contributed by atoms with Crippen molar-refractivity contribution < 1.29 is 9.53 Å². The van der Waals surface area contributed by atoms with Crippen molar-refractivity contribution in [1.82, 2.24) is 0 Å². The van der Waals surface area contributed by atoms with Gasteiger partial charge in [0.2, 0.25) is 0 Å². The molecule has 1 fully saturated rings. The van der Waals surface area contributed by atoms with E-state index in [1.807, 2.05) is 25.1 Å². The van der Waals surface area contributed by atoms with Crippen molar-refractivity contribution in [3.63, 3.8) is 0 Å². The number of carbonyl (C=O) groups is 1. The fourth-order valence-corrected chi connectivity index (χ4v) is 1.52. The van der Waals surface area contributed by atoms with E-state index in [9.17, 15) is 4.79 Å². The van der Waals surface area contributed by atoms with Crippen molar-refractivity contribution in [2.75, 3.05) is 18.1 Å². The Kier molecular flexibility index (Phi) is 2.15. The zero-order chi connectivity index (χ0) is 10.1. The highest BCUT2D eigenvalue weighted by Gasteiger charge is 2.23. The quantitative estimate of drug-likeness (QED) is 0.681. The summed E-state index contributed by atoms with van der Waals surface area (Å²) in [6.07, 6.45) is -0.242. The van der Waals surface area contributed by atoms with Crippen LogP contribution in [0.4, 0.5) is 10.5 Å². The Hall–Kier alpha value is -1.51. The number of anilines is 1. The number of nitrogens with zero attached hydrogens (tertiary/aromatic N) is 1. The van der Waals surface area contributed by atoms with Crippen LogP contribution in [0.15, 0.2) is 18.2 Å². The molecule has 0 saturated carbocycles. The van der Waals surface area contributed by atoms with Crippen molar-refractivity contribution in [2.45, 2.75) is 13.8 Å². The molecular formula is C11H13NO2. The Morgan fingerprint density at radius 1 is 1.29 bits per heavy atom. The van der Waals surface area contributed by atoms with Crippen molar-refractivity contribution in [3.05, 3.63) is 29.3 Å². The molecule has 0 unspecified atom stereocenters. The van der Waals surface area contributed by atoms with Crippen LogP contribution < -0.4 is 4.90 Å². The summed E-state index contributed by atoms with van der Waals surface area (Å²) in [5.74, 6) is 0. The Balaban J connectivity index is 2.32. The first-order valence-corrected chi connectivity index (χ1v) is 4.70. The number of rotatable bonds is 1. The average molecular weight is 191 g/mol. The second-order valence-corrected chi connectivity index (χ2v) is 3.53. The lowest BCUT2D eigenvalue weighted by atomic mass is 10.1. The highest BCUT2D eigenvalue weighted by molar-refractivity contribution is 5.89. The summed E-state index contributed by atoms with van der Waals surface area (Å²) in [4.78, 5) is 12.9. The summed E-state index contributed by atoms with van der Waals surface area (Å²) in [6, 6.07) is 5.99. The van der Waals surface area contributed by atoms with Gasteiger partial charge in [-0.2, -0.15) is 0 Å². The van der Waals surface area contributed by atoms with Crippen molar-refractivity contribution in [1.29, 1.82) is 0 Å². The van der Waals surface area contributed by atoms with Gasteiger partial charge in [-0.15, -0.1) is 0 Å². The minimum Gasteiger partial charge on any atom is -0.447 e. The normalized spacial score (nSPS) is 15.9. The van der Waals surface area contributed by atoms with Gasteiger partial charge in [-0.3, -0.25) is 4.90 Å². The van der Waals surface area contributed by atoms with Crippen LogP contribution >= 0.6 is 0 Å². The van der Waals surface area contributed by atoms with Gasteiger partial charge in [0, 0.05) is 5.69 Å². The van der Waals surface area contributed by atoms with Crippen LogP contribution in [0.5, 0.6) is 0 Å². The Morgan fingerprint density at radius 2 is 2.07 bits per heavy atom. The minimum absolute atomic E-state index is 0.242. The number of cyclic esters (lactones) is 1. The third-order valence-corrected chi connectivity index (χ3v) is 2.56. The van der Waals surface area contributed by atoms with Crippen LogP contribution in [-0.2, 0) is 4.74 Å². The second-order valence-electron chi connectivity index (χ2n) is 3.53. The minimum atomic E-state index is -0.242. The maximum Gasteiger partial charge on any atom is 0.414 e. The first-order valence-electron chi connectivity index (χ1n) is 4.70. The molecule has 1 aliphatic rings. The molecule has 14 heavy (non-hydrogen) atoms. The molecule has 1 amide bonds. The summed E-state index contributed by atoms with van der Waals surface area (Å²) in [7, 11) is 0. The predicted octanol–water partition coefficient (Wildman–Crippen LogP) is 2.26.